The molecule has 0 bridgehead atoms. The van der Waals surface area contributed by atoms with E-state index in [1.54, 1.807) is 0 Å². The van der Waals surface area contributed by atoms with Crippen LogP contribution in [-0.2, 0) is 13.6 Å². The summed E-state index contributed by atoms with van der Waals surface area (Å²) < 4.78 is 1.86. The third-order valence-corrected chi connectivity index (χ3v) is 2.95. The molecule has 5 heteroatoms. The van der Waals surface area contributed by atoms with Crippen LogP contribution in [0.1, 0.15) is 17.0 Å². The summed E-state index contributed by atoms with van der Waals surface area (Å²) >= 11 is 0. The van der Waals surface area contributed by atoms with E-state index in [-0.39, 0.29) is 6.03 Å². The molecule has 0 unspecified atom stereocenters. The average molecular weight is 208 g/mol. The Labute approximate surface area is 89.1 Å². The van der Waals surface area contributed by atoms with Crippen LogP contribution in [0.15, 0.2) is 0 Å². The Kier molecular flexibility index (Phi) is 2.38. The molecule has 0 spiro atoms. The molecule has 15 heavy (non-hydrogen) atoms. The zero-order chi connectivity index (χ0) is 11.0. The molecule has 82 valence electrons. The lowest BCUT2D eigenvalue weighted by Gasteiger charge is -2.14. The predicted molar refractivity (Wildman–Crippen MR) is 56.5 cm³/mol. The van der Waals surface area contributed by atoms with E-state index in [2.05, 4.69) is 10.4 Å². The van der Waals surface area contributed by atoms with Gasteiger partial charge in [-0.1, -0.05) is 0 Å². The molecule has 1 aromatic rings. The second kappa shape index (κ2) is 3.56. The fraction of sp³-hybridized carbons (Fsp3) is 0.600. The predicted octanol–water partition coefficient (Wildman–Crippen LogP) is 0.562. The minimum Gasteiger partial charge on any atom is -0.336 e. The van der Waals surface area contributed by atoms with E-state index in [9.17, 15) is 4.79 Å². The highest BCUT2D eigenvalue weighted by Crippen LogP contribution is 2.15. The maximum atomic E-state index is 11.4. The van der Waals surface area contributed by atoms with Crippen molar-refractivity contribution in [3.8, 4) is 0 Å². The molecule has 5 nitrogen and oxygen atoms in total. The number of aryl methyl sites for hydroxylation is 2. The number of hydrogen-bond donors (Lipinski definition) is 1. The molecule has 1 saturated heterocycles. The van der Waals surface area contributed by atoms with Crippen molar-refractivity contribution in [2.24, 2.45) is 7.05 Å². The smallest absolute Gasteiger partial charge is 0.317 e. The normalized spacial score (nSPS) is 15.9. The Morgan fingerprint density at radius 3 is 2.67 bits per heavy atom. The van der Waals surface area contributed by atoms with Gasteiger partial charge in [0.25, 0.3) is 0 Å². The number of urea groups is 1. The van der Waals surface area contributed by atoms with Crippen molar-refractivity contribution in [3.05, 3.63) is 17.0 Å². The van der Waals surface area contributed by atoms with Gasteiger partial charge < -0.3 is 10.2 Å². The summed E-state index contributed by atoms with van der Waals surface area (Å²) in [4.78, 5) is 13.2. The summed E-state index contributed by atoms with van der Waals surface area (Å²) in [5.41, 5.74) is 3.30. The first-order valence-electron chi connectivity index (χ1n) is 5.11. The number of carbonyl (C=O) groups excluding carboxylic acids is 1. The Morgan fingerprint density at radius 2 is 2.20 bits per heavy atom. The van der Waals surface area contributed by atoms with Gasteiger partial charge in [-0.15, -0.1) is 0 Å². The molecule has 0 radical (unpaired) electrons. The van der Waals surface area contributed by atoms with E-state index in [1.807, 2.05) is 30.5 Å². The van der Waals surface area contributed by atoms with Gasteiger partial charge in [0.05, 0.1) is 12.2 Å². The molecule has 1 aliphatic rings. The zero-order valence-corrected chi connectivity index (χ0v) is 9.37. The molecule has 2 rings (SSSR count). The summed E-state index contributed by atoms with van der Waals surface area (Å²) in [7, 11) is 1.93. The maximum absolute atomic E-state index is 11.4. The third-order valence-electron chi connectivity index (χ3n) is 2.95. The van der Waals surface area contributed by atoms with Crippen LogP contribution in [-0.4, -0.2) is 33.8 Å². The van der Waals surface area contributed by atoms with Gasteiger partial charge in [0.1, 0.15) is 0 Å². The Bertz CT molecular complexity index is 396. The minimum atomic E-state index is 0.0256. The van der Waals surface area contributed by atoms with Crippen molar-refractivity contribution in [1.82, 2.24) is 20.0 Å². The van der Waals surface area contributed by atoms with Crippen LogP contribution in [0, 0.1) is 13.8 Å². The van der Waals surface area contributed by atoms with E-state index >= 15 is 0 Å². The van der Waals surface area contributed by atoms with Crippen LogP contribution in [0.4, 0.5) is 4.79 Å². The quantitative estimate of drug-likeness (QED) is 0.772. The minimum absolute atomic E-state index is 0.0256. The molecule has 1 N–H and O–H groups in total. The Hall–Kier alpha value is -1.52. The van der Waals surface area contributed by atoms with Gasteiger partial charge in [0, 0.05) is 31.4 Å². The maximum Gasteiger partial charge on any atom is 0.317 e. The highest BCUT2D eigenvalue weighted by molar-refractivity contribution is 5.76. The molecular formula is C10H16N4O. The van der Waals surface area contributed by atoms with Crippen molar-refractivity contribution in [1.29, 1.82) is 0 Å². The molecule has 1 aromatic heterocycles. The SMILES string of the molecule is Cc1nn(C)c(C)c1CN1CCNC1=O. The number of nitrogens with one attached hydrogen (secondary N) is 1. The molecule has 2 amide bonds. The molecular weight excluding hydrogens is 192 g/mol. The van der Waals surface area contributed by atoms with Crippen molar-refractivity contribution in [2.75, 3.05) is 13.1 Å². The van der Waals surface area contributed by atoms with Crippen molar-refractivity contribution in [2.45, 2.75) is 20.4 Å². The topological polar surface area (TPSA) is 50.2 Å². The lowest BCUT2D eigenvalue weighted by atomic mass is 10.2. The standard InChI is InChI=1S/C10H16N4O/c1-7-9(8(2)13(3)12-7)6-14-5-4-11-10(14)15/h4-6H2,1-3H3,(H,11,15). The van der Waals surface area contributed by atoms with Gasteiger partial charge in [0.2, 0.25) is 0 Å². The highest BCUT2D eigenvalue weighted by Gasteiger charge is 2.22. The van der Waals surface area contributed by atoms with Crippen LogP contribution in [0.3, 0.4) is 0 Å². The summed E-state index contributed by atoms with van der Waals surface area (Å²) in [6, 6.07) is 0.0256. The Morgan fingerprint density at radius 1 is 1.47 bits per heavy atom. The van der Waals surface area contributed by atoms with Crippen LogP contribution in [0.25, 0.3) is 0 Å². The number of amides is 2. The highest BCUT2D eigenvalue weighted by atomic mass is 16.2. The fourth-order valence-corrected chi connectivity index (χ4v) is 1.90. The summed E-state index contributed by atoms with van der Waals surface area (Å²) in [5.74, 6) is 0. The van der Waals surface area contributed by atoms with Crippen LogP contribution in [0.5, 0.6) is 0 Å². The van der Waals surface area contributed by atoms with E-state index in [0.717, 1.165) is 30.0 Å². The first-order valence-corrected chi connectivity index (χ1v) is 5.11. The molecule has 0 atom stereocenters. The molecule has 0 saturated carbocycles. The van der Waals surface area contributed by atoms with Gasteiger partial charge in [-0.25, -0.2) is 4.79 Å². The zero-order valence-electron chi connectivity index (χ0n) is 9.37. The van der Waals surface area contributed by atoms with Crippen LogP contribution < -0.4 is 5.32 Å². The number of hydrogen-bond acceptors (Lipinski definition) is 2. The van der Waals surface area contributed by atoms with E-state index < -0.39 is 0 Å². The number of carbonyl (C=O) groups is 1. The number of aromatic nitrogens is 2. The van der Waals surface area contributed by atoms with Crippen LogP contribution >= 0.6 is 0 Å². The summed E-state index contributed by atoms with van der Waals surface area (Å²) in [6.45, 7) is 6.21. The van der Waals surface area contributed by atoms with Gasteiger partial charge in [-0.2, -0.15) is 5.10 Å². The lowest BCUT2D eigenvalue weighted by molar-refractivity contribution is 0.215. The monoisotopic (exact) mass is 208 g/mol. The van der Waals surface area contributed by atoms with Crippen molar-refractivity contribution < 1.29 is 4.79 Å². The largest absolute Gasteiger partial charge is 0.336 e. The second-order valence-corrected chi connectivity index (χ2v) is 3.93. The average Bonchev–Trinajstić information content (AvgIpc) is 2.67. The third kappa shape index (κ3) is 1.69. The molecule has 0 aliphatic carbocycles. The lowest BCUT2D eigenvalue weighted by Crippen LogP contribution is -2.27. The summed E-state index contributed by atoms with van der Waals surface area (Å²) in [6.07, 6.45) is 0. The van der Waals surface area contributed by atoms with Gasteiger partial charge in [-0.05, 0) is 13.8 Å². The summed E-state index contributed by atoms with van der Waals surface area (Å²) in [5, 5.41) is 7.13. The number of nitrogens with zero attached hydrogens (tertiary/aromatic N) is 3. The Balaban J connectivity index is 2.20. The van der Waals surface area contributed by atoms with Crippen molar-refractivity contribution >= 4 is 6.03 Å². The molecule has 1 aliphatic heterocycles. The van der Waals surface area contributed by atoms with E-state index in [4.69, 9.17) is 0 Å². The molecule has 2 heterocycles. The van der Waals surface area contributed by atoms with Gasteiger partial charge in [-0.3, -0.25) is 4.68 Å². The fourth-order valence-electron chi connectivity index (χ4n) is 1.90. The van der Waals surface area contributed by atoms with Gasteiger partial charge in [0.15, 0.2) is 0 Å². The van der Waals surface area contributed by atoms with Crippen molar-refractivity contribution in [3.63, 3.8) is 0 Å². The molecule has 0 aromatic carbocycles. The first-order chi connectivity index (χ1) is 7.09. The first kappa shape index (κ1) is 10.0. The van der Waals surface area contributed by atoms with E-state index in [1.165, 1.54) is 0 Å². The van der Waals surface area contributed by atoms with Crippen LogP contribution in [0.2, 0.25) is 0 Å². The van der Waals surface area contributed by atoms with E-state index in [0.29, 0.717) is 6.54 Å². The van der Waals surface area contributed by atoms with Gasteiger partial charge >= 0.3 is 6.03 Å². The second-order valence-electron chi connectivity index (χ2n) is 3.93. The molecule has 1 fully saturated rings. The number of rotatable bonds is 2.